The lowest BCUT2D eigenvalue weighted by Gasteiger charge is -2.26. The molecule has 1 heterocycles. The van der Waals surface area contributed by atoms with Gasteiger partial charge in [0, 0.05) is 11.5 Å². The Morgan fingerprint density at radius 1 is 1.33 bits per heavy atom. The van der Waals surface area contributed by atoms with Crippen LogP contribution in [0.5, 0.6) is 5.75 Å². The Kier molecular flexibility index (Phi) is 3.40. The first-order chi connectivity index (χ1) is 10.0. The summed E-state index contributed by atoms with van der Waals surface area (Å²) in [6.07, 6.45) is 3.55. The minimum absolute atomic E-state index is 0.222. The minimum Gasteiger partial charge on any atom is -0.496 e. The predicted octanol–water partition coefficient (Wildman–Crippen LogP) is 4.23. The van der Waals surface area contributed by atoms with E-state index in [4.69, 9.17) is 15.0 Å². The summed E-state index contributed by atoms with van der Waals surface area (Å²) in [7, 11) is 1.67. The van der Waals surface area contributed by atoms with Crippen LogP contribution >= 0.6 is 0 Å². The van der Waals surface area contributed by atoms with Gasteiger partial charge in [-0.3, -0.25) is 0 Å². The van der Waals surface area contributed by atoms with E-state index in [0.717, 1.165) is 29.0 Å². The van der Waals surface area contributed by atoms with Crippen LogP contribution in [0.15, 0.2) is 28.8 Å². The fourth-order valence-corrected chi connectivity index (χ4v) is 3.51. The molecule has 1 aliphatic carbocycles. The fraction of sp³-hybridized carbons (Fsp3) is 0.471. The summed E-state index contributed by atoms with van der Waals surface area (Å²) in [5.74, 6) is 1.54. The van der Waals surface area contributed by atoms with E-state index in [9.17, 15) is 0 Å². The van der Waals surface area contributed by atoms with Crippen LogP contribution in [-0.4, -0.2) is 12.3 Å². The number of hydrogen-bond donors (Lipinski definition) is 1. The molecule has 0 radical (unpaired) electrons. The molecular weight excluding hydrogens is 264 g/mol. The van der Waals surface area contributed by atoms with Gasteiger partial charge in [0.15, 0.2) is 0 Å². The number of nitrogens with two attached hydrogens (primary N) is 1. The van der Waals surface area contributed by atoms with Gasteiger partial charge in [0.1, 0.15) is 5.75 Å². The molecule has 3 rings (SSSR count). The number of ether oxygens (including phenoxy) is 1. The number of nitrogens with zero attached hydrogens (tertiary/aromatic N) is 1. The maximum Gasteiger partial charge on any atom is 0.230 e. The van der Waals surface area contributed by atoms with Crippen LogP contribution < -0.4 is 10.5 Å². The Morgan fingerprint density at radius 3 is 2.76 bits per heavy atom. The zero-order valence-corrected chi connectivity index (χ0v) is 12.8. The molecule has 1 aromatic carbocycles. The van der Waals surface area contributed by atoms with E-state index in [-0.39, 0.29) is 5.41 Å². The van der Waals surface area contributed by atoms with Crippen LogP contribution in [0.1, 0.15) is 44.7 Å². The summed E-state index contributed by atoms with van der Waals surface area (Å²) < 4.78 is 10.8. The summed E-state index contributed by atoms with van der Waals surface area (Å²) in [4.78, 5) is 0. The first kappa shape index (κ1) is 14.0. The minimum atomic E-state index is 0.222. The van der Waals surface area contributed by atoms with Crippen molar-refractivity contribution in [2.45, 2.75) is 39.0 Å². The number of aromatic nitrogens is 1. The van der Waals surface area contributed by atoms with Crippen molar-refractivity contribution in [1.82, 2.24) is 5.16 Å². The van der Waals surface area contributed by atoms with Crippen LogP contribution in [0.25, 0.3) is 11.1 Å². The monoisotopic (exact) mass is 286 g/mol. The second kappa shape index (κ2) is 5.10. The van der Waals surface area contributed by atoms with E-state index in [0.29, 0.717) is 11.8 Å². The molecule has 1 fully saturated rings. The zero-order chi connectivity index (χ0) is 15.0. The van der Waals surface area contributed by atoms with Crippen LogP contribution in [0.3, 0.4) is 0 Å². The maximum atomic E-state index is 6.07. The molecule has 4 nitrogen and oxygen atoms in total. The van der Waals surface area contributed by atoms with Crippen molar-refractivity contribution < 1.29 is 9.26 Å². The Labute approximate surface area is 125 Å². The lowest BCUT2D eigenvalue weighted by atomic mass is 9.78. The highest BCUT2D eigenvalue weighted by molar-refractivity contribution is 5.80. The van der Waals surface area contributed by atoms with E-state index < -0.39 is 0 Å². The standard InChI is InChI=1S/C17H22N2O2/c1-17(2)10-6-8-12(17)15-14(16(18)21-19-15)11-7-4-5-9-13(11)20-3/h4-5,7,9,12H,6,8,10,18H2,1-3H3. The first-order valence-electron chi connectivity index (χ1n) is 7.43. The van der Waals surface area contributed by atoms with Gasteiger partial charge in [-0.1, -0.05) is 43.6 Å². The lowest BCUT2D eigenvalue weighted by Crippen LogP contribution is -2.16. The van der Waals surface area contributed by atoms with Crippen molar-refractivity contribution in [3.05, 3.63) is 30.0 Å². The van der Waals surface area contributed by atoms with Gasteiger partial charge < -0.3 is 15.0 Å². The van der Waals surface area contributed by atoms with Crippen LogP contribution in [0.2, 0.25) is 0 Å². The molecule has 0 spiro atoms. The molecule has 0 aliphatic heterocycles. The van der Waals surface area contributed by atoms with E-state index in [2.05, 4.69) is 19.0 Å². The van der Waals surface area contributed by atoms with Crippen molar-refractivity contribution in [3.63, 3.8) is 0 Å². The van der Waals surface area contributed by atoms with E-state index >= 15 is 0 Å². The molecule has 1 saturated carbocycles. The topological polar surface area (TPSA) is 61.3 Å². The number of hydrogen-bond acceptors (Lipinski definition) is 4. The Morgan fingerprint density at radius 2 is 2.10 bits per heavy atom. The average Bonchev–Trinajstić information content (AvgIpc) is 3.00. The highest BCUT2D eigenvalue weighted by Crippen LogP contribution is 2.52. The Balaban J connectivity index is 2.14. The summed E-state index contributed by atoms with van der Waals surface area (Å²) in [5, 5.41) is 4.29. The number of rotatable bonds is 3. The Bertz CT molecular complexity index is 646. The van der Waals surface area contributed by atoms with Crippen LogP contribution in [0.4, 0.5) is 5.88 Å². The molecule has 2 N–H and O–H groups in total. The maximum absolute atomic E-state index is 6.07. The van der Waals surface area contributed by atoms with Crippen molar-refractivity contribution in [2.75, 3.05) is 12.8 Å². The van der Waals surface area contributed by atoms with E-state index in [1.54, 1.807) is 7.11 Å². The van der Waals surface area contributed by atoms with Crippen molar-refractivity contribution in [1.29, 1.82) is 0 Å². The second-order valence-corrected chi connectivity index (χ2v) is 6.44. The van der Waals surface area contributed by atoms with Gasteiger partial charge >= 0.3 is 0 Å². The van der Waals surface area contributed by atoms with E-state index in [1.165, 1.54) is 12.8 Å². The number of anilines is 1. The molecule has 1 aliphatic rings. The summed E-state index contributed by atoms with van der Waals surface area (Å²) in [5.41, 5.74) is 9.11. The third-order valence-electron chi connectivity index (χ3n) is 4.71. The SMILES string of the molecule is COc1ccccc1-c1c(C2CCCC2(C)C)noc1N. The van der Waals surface area contributed by atoms with Crippen LogP contribution in [0, 0.1) is 5.41 Å². The molecule has 2 aromatic rings. The first-order valence-corrected chi connectivity index (χ1v) is 7.43. The van der Waals surface area contributed by atoms with Gasteiger partial charge in [0.2, 0.25) is 5.88 Å². The lowest BCUT2D eigenvalue weighted by molar-refractivity contribution is 0.314. The molecular formula is C17H22N2O2. The number of methoxy groups -OCH3 is 1. The molecule has 0 saturated heterocycles. The number of para-hydroxylation sites is 1. The molecule has 1 aromatic heterocycles. The quantitative estimate of drug-likeness (QED) is 0.917. The third-order valence-corrected chi connectivity index (χ3v) is 4.71. The summed E-state index contributed by atoms with van der Waals surface area (Å²) in [6.45, 7) is 4.59. The highest BCUT2D eigenvalue weighted by atomic mass is 16.5. The Hall–Kier alpha value is -1.97. The number of benzene rings is 1. The van der Waals surface area contributed by atoms with Gasteiger partial charge in [0.25, 0.3) is 0 Å². The third kappa shape index (κ3) is 2.28. The van der Waals surface area contributed by atoms with Gasteiger partial charge in [-0.2, -0.15) is 0 Å². The highest BCUT2D eigenvalue weighted by Gasteiger charge is 2.39. The normalized spacial score (nSPS) is 20.6. The molecule has 1 unspecified atom stereocenters. The van der Waals surface area contributed by atoms with Gasteiger partial charge in [-0.25, -0.2) is 0 Å². The van der Waals surface area contributed by atoms with Gasteiger partial charge in [-0.05, 0) is 24.3 Å². The summed E-state index contributed by atoms with van der Waals surface area (Å²) >= 11 is 0. The molecule has 112 valence electrons. The molecule has 4 heteroatoms. The zero-order valence-electron chi connectivity index (χ0n) is 12.8. The van der Waals surface area contributed by atoms with Crippen LogP contribution in [-0.2, 0) is 0 Å². The van der Waals surface area contributed by atoms with Gasteiger partial charge in [-0.15, -0.1) is 0 Å². The van der Waals surface area contributed by atoms with Crippen molar-refractivity contribution in [2.24, 2.45) is 5.41 Å². The molecule has 1 atom stereocenters. The van der Waals surface area contributed by atoms with Crippen molar-refractivity contribution in [3.8, 4) is 16.9 Å². The largest absolute Gasteiger partial charge is 0.496 e. The van der Waals surface area contributed by atoms with Crippen molar-refractivity contribution >= 4 is 5.88 Å². The molecule has 0 bridgehead atoms. The van der Waals surface area contributed by atoms with Gasteiger partial charge in [0.05, 0.1) is 18.4 Å². The second-order valence-electron chi connectivity index (χ2n) is 6.44. The molecule has 0 amide bonds. The average molecular weight is 286 g/mol. The fourth-order valence-electron chi connectivity index (χ4n) is 3.51. The summed E-state index contributed by atoms with van der Waals surface area (Å²) in [6, 6.07) is 7.87. The molecule has 21 heavy (non-hydrogen) atoms. The number of nitrogen functional groups attached to an aromatic ring is 1. The predicted molar refractivity (Wildman–Crippen MR) is 83.3 cm³/mol. The smallest absolute Gasteiger partial charge is 0.230 e. The van der Waals surface area contributed by atoms with E-state index in [1.807, 2.05) is 24.3 Å².